The summed E-state index contributed by atoms with van der Waals surface area (Å²) in [7, 11) is 0. The smallest absolute Gasteiger partial charge is 0.296 e. The Morgan fingerprint density at radius 2 is 1.91 bits per heavy atom. The second-order valence-electron chi connectivity index (χ2n) is 8.03. The molecular formula is C25H19FN2O4S. The molecule has 2 aromatic carbocycles. The number of aliphatic hydroxyl groups excluding tert-OH is 1. The number of aromatic nitrogens is 1. The lowest BCUT2D eigenvalue weighted by molar-refractivity contribution is -0.117. The fraction of sp³-hybridized carbons (Fsp3) is 0.160. The molecule has 5 rings (SSSR count). The zero-order valence-corrected chi connectivity index (χ0v) is 18.9. The molecule has 0 saturated carbocycles. The number of ketones is 1. The van der Waals surface area contributed by atoms with Gasteiger partial charge in [-0.2, -0.15) is 0 Å². The average molecular weight is 463 g/mol. The third-order valence-electron chi connectivity index (χ3n) is 5.64. The number of rotatable bonds is 4. The molecule has 1 atom stereocenters. The molecule has 8 heteroatoms. The van der Waals surface area contributed by atoms with Crippen LogP contribution in [0.5, 0.6) is 0 Å². The van der Waals surface area contributed by atoms with E-state index in [4.69, 9.17) is 4.42 Å². The SMILES string of the molecule is Cc1cc(C)c2nc(N3C(=O)C(O)=C(C(=O)c4ccc(C)o4)[C@@H]3c3ccccc3F)sc2c1. The minimum atomic E-state index is -1.20. The molecule has 1 amide bonds. The number of hydrogen-bond donors (Lipinski definition) is 1. The second kappa shape index (κ2) is 7.67. The van der Waals surface area contributed by atoms with Crippen molar-refractivity contribution in [3.63, 3.8) is 0 Å². The molecule has 3 heterocycles. The lowest BCUT2D eigenvalue weighted by atomic mass is 9.95. The van der Waals surface area contributed by atoms with Crippen molar-refractivity contribution in [3.05, 3.63) is 93.9 Å². The van der Waals surface area contributed by atoms with E-state index >= 15 is 0 Å². The third kappa shape index (κ3) is 3.34. The highest BCUT2D eigenvalue weighted by Crippen LogP contribution is 2.45. The summed E-state index contributed by atoms with van der Waals surface area (Å²) in [6.45, 7) is 5.56. The number of furan rings is 1. The quantitative estimate of drug-likeness (QED) is 0.391. The number of fused-ring (bicyclic) bond motifs is 1. The first kappa shape index (κ1) is 21.1. The predicted octanol–water partition coefficient (Wildman–Crippen LogP) is 5.74. The summed E-state index contributed by atoms with van der Waals surface area (Å²) in [6, 6.07) is 11.7. The fourth-order valence-corrected chi connectivity index (χ4v) is 5.35. The van der Waals surface area contributed by atoms with Gasteiger partial charge in [0, 0.05) is 5.56 Å². The molecule has 1 N–H and O–H groups in total. The molecule has 4 aromatic rings. The van der Waals surface area contributed by atoms with Crippen LogP contribution in [0, 0.1) is 26.6 Å². The molecule has 33 heavy (non-hydrogen) atoms. The van der Waals surface area contributed by atoms with E-state index in [1.165, 1.54) is 40.5 Å². The van der Waals surface area contributed by atoms with Gasteiger partial charge < -0.3 is 9.52 Å². The Morgan fingerprint density at radius 3 is 2.61 bits per heavy atom. The number of benzene rings is 2. The summed E-state index contributed by atoms with van der Waals surface area (Å²) in [6.07, 6.45) is 0. The Hall–Kier alpha value is -3.78. The Labute approximate surface area is 192 Å². The van der Waals surface area contributed by atoms with E-state index in [1.807, 2.05) is 26.0 Å². The maximum atomic E-state index is 15.0. The van der Waals surface area contributed by atoms with Crippen molar-refractivity contribution in [2.45, 2.75) is 26.8 Å². The van der Waals surface area contributed by atoms with Crippen molar-refractivity contribution in [1.29, 1.82) is 0 Å². The van der Waals surface area contributed by atoms with Crippen molar-refractivity contribution in [2.75, 3.05) is 4.90 Å². The van der Waals surface area contributed by atoms with Crippen LogP contribution in [0.2, 0.25) is 0 Å². The number of hydrogen-bond acceptors (Lipinski definition) is 6. The third-order valence-corrected chi connectivity index (χ3v) is 6.64. The zero-order chi connectivity index (χ0) is 23.4. The first-order chi connectivity index (χ1) is 15.8. The van der Waals surface area contributed by atoms with Crippen molar-refractivity contribution >= 4 is 38.4 Å². The summed E-state index contributed by atoms with van der Waals surface area (Å²) in [5, 5.41) is 11.1. The minimum absolute atomic E-state index is 0.0409. The Morgan fingerprint density at radius 1 is 1.15 bits per heavy atom. The van der Waals surface area contributed by atoms with Gasteiger partial charge in [0.1, 0.15) is 17.6 Å². The number of carbonyl (C=O) groups is 2. The van der Waals surface area contributed by atoms with Crippen LogP contribution in [0.4, 0.5) is 9.52 Å². The highest BCUT2D eigenvalue weighted by atomic mass is 32.1. The number of Topliss-reactive ketones (excluding diaryl/α,β-unsaturated/α-hetero) is 1. The predicted molar refractivity (Wildman–Crippen MR) is 123 cm³/mol. The van der Waals surface area contributed by atoms with Gasteiger partial charge in [0.25, 0.3) is 5.91 Å². The number of aryl methyl sites for hydroxylation is 3. The molecule has 1 aliphatic heterocycles. The van der Waals surface area contributed by atoms with Gasteiger partial charge in [-0.15, -0.1) is 0 Å². The molecule has 2 aromatic heterocycles. The summed E-state index contributed by atoms with van der Waals surface area (Å²) < 4.78 is 21.2. The summed E-state index contributed by atoms with van der Waals surface area (Å²) in [4.78, 5) is 32.4. The number of halogens is 1. The van der Waals surface area contributed by atoms with Gasteiger partial charge in [-0.1, -0.05) is 35.6 Å². The van der Waals surface area contributed by atoms with Crippen LogP contribution in [0.1, 0.15) is 39.0 Å². The summed E-state index contributed by atoms with van der Waals surface area (Å²) >= 11 is 1.25. The highest BCUT2D eigenvalue weighted by Gasteiger charge is 2.47. The van der Waals surface area contributed by atoms with Crippen molar-refractivity contribution < 1.29 is 23.5 Å². The topological polar surface area (TPSA) is 83.6 Å². The molecule has 6 nitrogen and oxygen atoms in total. The Bertz CT molecular complexity index is 1480. The van der Waals surface area contributed by atoms with Crippen molar-refractivity contribution in [2.24, 2.45) is 0 Å². The first-order valence-corrected chi connectivity index (χ1v) is 11.1. The standard InChI is InChI=1S/C25H19FN2O4S/c1-12-10-13(2)20-18(11-12)33-25(27-20)28-21(15-6-4-5-7-16(15)26)19(23(30)24(28)31)22(29)17-9-8-14(3)32-17/h4-11,21,30H,1-3H3/t21-/m0/s1. The minimum Gasteiger partial charge on any atom is -0.503 e. The van der Waals surface area contributed by atoms with Crippen LogP contribution < -0.4 is 4.90 Å². The fourth-order valence-electron chi connectivity index (χ4n) is 4.18. The van der Waals surface area contributed by atoms with Gasteiger partial charge in [-0.25, -0.2) is 9.37 Å². The lowest BCUT2D eigenvalue weighted by Crippen LogP contribution is -2.31. The van der Waals surface area contributed by atoms with E-state index in [-0.39, 0.29) is 22.0 Å². The number of thiazole rings is 1. The normalized spacial score (nSPS) is 16.3. The molecule has 0 spiro atoms. The average Bonchev–Trinajstić information content (AvgIpc) is 3.45. The maximum absolute atomic E-state index is 15.0. The van der Waals surface area contributed by atoms with Crippen molar-refractivity contribution in [1.82, 2.24) is 4.98 Å². The van der Waals surface area contributed by atoms with E-state index in [9.17, 15) is 19.1 Å². The molecule has 0 unspecified atom stereocenters. The molecule has 0 fully saturated rings. The van der Waals surface area contributed by atoms with Gasteiger partial charge in [-0.05, 0) is 56.2 Å². The van der Waals surface area contributed by atoms with Crippen LogP contribution >= 0.6 is 11.3 Å². The molecule has 0 bridgehead atoms. The molecule has 166 valence electrons. The molecule has 1 aliphatic rings. The lowest BCUT2D eigenvalue weighted by Gasteiger charge is -2.24. The van der Waals surface area contributed by atoms with Crippen LogP contribution in [0.15, 0.2) is 64.3 Å². The molecule has 0 aliphatic carbocycles. The van der Waals surface area contributed by atoms with Crippen LogP contribution in [-0.2, 0) is 4.79 Å². The van der Waals surface area contributed by atoms with Gasteiger partial charge in [-0.3, -0.25) is 14.5 Å². The summed E-state index contributed by atoms with van der Waals surface area (Å²) in [5.41, 5.74) is 2.52. The van der Waals surface area contributed by atoms with Gasteiger partial charge in [0.05, 0.1) is 15.8 Å². The van der Waals surface area contributed by atoms with E-state index in [1.54, 1.807) is 19.1 Å². The Balaban J connectivity index is 1.71. The molecular weight excluding hydrogens is 443 g/mol. The van der Waals surface area contributed by atoms with Gasteiger partial charge in [0.15, 0.2) is 16.7 Å². The van der Waals surface area contributed by atoms with Crippen LogP contribution in [0.25, 0.3) is 10.2 Å². The van der Waals surface area contributed by atoms with Crippen LogP contribution in [-0.4, -0.2) is 21.8 Å². The monoisotopic (exact) mass is 462 g/mol. The van der Waals surface area contributed by atoms with E-state index < -0.39 is 29.3 Å². The van der Waals surface area contributed by atoms with Crippen LogP contribution in [0.3, 0.4) is 0 Å². The van der Waals surface area contributed by atoms with E-state index in [2.05, 4.69) is 4.98 Å². The van der Waals surface area contributed by atoms with E-state index in [0.717, 1.165) is 15.8 Å². The number of carbonyl (C=O) groups excluding carboxylic acids is 2. The highest BCUT2D eigenvalue weighted by molar-refractivity contribution is 7.22. The zero-order valence-electron chi connectivity index (χ0n) is 18.0. The van der Waals surface area contributed by atoms with Gasteiger partial charge in [0.2, 0.25) is 5.78 Å². The maximum Gasteiger partial charge on any atom is 0.296 e. The Kier molecular flexibility index (Phi) is 4.90. The van der Waals surface area contributed by atoms with Crippen molar-refractivity contribution in [3.8, 4) is 0 Å². The second-order valence-corrected chi connectivity index (χ2v) is 9.04. The number of nitrogens with zero attached hydrogens (tertiary/aromatic N) is 2. The number of anilines is 1. The largest absolute Gasteiger partial charge is 0.503 e. The first-order valence-electron chi connectivity index (χ1n) is 10.3. The van der Waals surface area contributed by atoms with E-state index in [0.29, 0.717) is 11.3 Å². The summed E-state index contributed by atoms with van der Waals surface area (Å²) in [5.74, 6) is -2.39. The number of aliphatic hydroxyl groups is 1. The molecule has 0 saturated heterocycles. The number of amides is 1. The van der Waals surface area contributed by atoms with Gasteiger partial charge >= 0.3 is 0 Å². The molecule has 0 radical (unpaired) electrons.